The predicted molar refractivity (Wildman–Crippen MR) is 355 cm³/mol. The highest BCUT2D eigenvalue weighted by atomic mass is 32.1. The summed E-state index contributed by atoms with van der Waals surface area (Å²) < 4.78 is 27.2. The van der Waals surface area contributed by atoms with Crippen molar-refractivity contribution in [3.63, 3.8) is 0 Å². The first kappa shape index (κ1) is 48.8. The Labute approximate surface area is 502 Å². The van der Waals surface area contributed by atoms with Crippen molar-refractivity contribution >= 4 is 140 Å². The van der Waals surface area contributed by atoms with Crippen molar-refractivity contribution in [3.05, 3.63) is 207 Å². The number of para-hydroxylation sites is 3. The van der Waals surface area contributed by atoms with Gasteiger partial charge in [-0.3, -0.25) is 0 Å². The fraction of sp³-hybridized carbons (Fsp3) is 0.162. The minimum absolute atomic E-state index is 0.0797. The second-order valence-corrected chi connectivity index (χ2v) is 25.5. The van der Waals surface area contributed by atoms with Crippen LogP contribution in [0, 0.1) is 0 Å². The molecule has 5 aromatic heterocycles. The van der Waals surface area contributed by atoms with Crippen LogP contribution in [0.2, 0.25) is 0 Å². The molecule has 12 heteroatoms. The third-order valence-corrected chi connectivity index (χ3v) is 20.8. The van der Waals surface area contributed by atoms with E-state index in [1.807, 2.05) is 35.9 Å². The summed E-state index contributed by atoms with van der Waals surface area (Å²) in [7, 11) is 0. The van der Waals surface area contributed by atoms with Crippen LogP contribution >= 0.6 is 11.3 Å². The second-order valence-electron chi connectivity index (χ2n) is 24.4. The van der Waals surface area contributed by atoms with Gasteiger partial charge in [0.05, 0.1) is 16.9 Å². The SMILES string of the molecule is c1ccc(-c2cc3c(o2)B2c4cc5c(cc4Oc4cc(N(c6ccccn6)C6CCCCC6)cc(c42)N3c2ccccc2)sc2cc3c(cc25)B2c4c(cc(N(c5ccccn5)C5CCCCC5)cc4-n4c5ccccc5c5cccc2c54)O3)cc1. The minimum Gasteiger partial charge on any atom is -0.468 e. The van der Waals surface area contributed by atoms with Gasteiger partial charge < -0.3 is 33.2 Å². The lowest BCUT2D eigenvalue weighted by atomic mass is 9.34. The zero-order valence-electron chi connectivity index (χ0n) is 47.3. The standard InChI is InChI=1S/C74H56B2N6O3S/c1-5-20-45(21-6-1)62-42-61-74(85-62)76-57-41-54-53-40-56-63(43-67(53)86-68(54)44-64(57)84-66-39-49(36-59(72(66)76)81(61)48-26-11-4-12-27-48)79(46-22-7-2-8-23-46)69-32-15-17-34-77-69)83-65-38-50(80(47-24-9-3-10-25-47)70-33-16-18-35-78-70)37-60-71(65)75(56)55-30-19-29-52-51-28-13-14-31-58(51)82(60)73(52)55/h1,4-6,11-21,26-44,46-47H,2-3,7-10,22-25H2. The molecule has 13 aromatic rings. The van der Waals surface area contributed by atoms with Crippen molar-refractivity contribution in [1.82, 2.24) is 14.5 Å². The van der Waals surface area contributed by atoms with Gasteiger partial charge in [0.2, 0.25) is 0 Å². The number of hydrogen-bond donors (Lipinski definition) is 0. The van der Waals surface area contributed by atoms with E-state index in [1.54, 1.807) is 0 Å². The number of benzene rings is 8. The average molecular weight is 1130 g/mol. The Morgan fingerprint density at radius 2 is 1.02 bits per heavy atom. The van der Waals surface area contributed by atoms with E-state index in [4.69, 9.17) is 23.9 Å². The summed E-state index contributed by atoms with van der Waals surface area (Å²) in [5.41, 5.74) is 16.8. The Morgan fingerprint density at radius 3 is 1.66 bits per heavy atom. The molecule has 0 N–H and O–H groups in total. The van der Waals surface area contributed by atoms with Gasteiger partial charge in [0.15, 0.2) is 0 Å². The van der Waals surface area contributed by atoms with Crippen molar-refractivity contribution in [3.8, 4) is 40.0 Å². The lowest BCUT2D eigenvalue weighted by Crippen LogP contribution is -2.59. The Hall–Kier alpha value is -9.51. The first-order valence-corrected chi connectivity index (χ1v) is 31.7. The molecule has 0 amide bonds. The number of ether oxygens (including phenoxy) is 2. The van der Waals surface area contributed by atoms with Gasteiger partial charge in [-0.2, -0.15) is 0 Å². The van der Waals surface area contributed by atoms with E-state index in [0.29, 0.717) is 12.1 Å². The fourth-order valence-corrected chi connectivity index (χ4v) is 17.1. The van der Waals surface area contributed by atoms with Gasteiger partial charge in [-0.05, 0) is 114 Å². The van der Waals surface area contributed by atoms with Crippen LogP contribution in [-0.2, 0) is 0 Å². The quantitative estimate of drug-likeness (QED) is 0.139. The Morgan fingerprint density at radius 1 is 0.453 bits per heavy atom. The molecule has 0 radical (unpaired) electrons. The van der Waals surface area contributed by atoms with Crippen molar-refractivity contribution in [1.29, 1.82) is 0 Å². The lowest BCUT2D eigenvalue weighted by molar-refractivity contribution is 0.434. The second kappa shape index (κ2) is 19.0. The molecular formula is C74H56B2N6O3S. The number of thiophene rings is 1. The molecule has 9 nitrogen and oxygen atoms in total. The summed E-state index contributed by atoms with van der Waals surface area (Å²) >= 11 is 1.81. The van der Waals surface area contributed by atoms with Gasteiger partial charge in [0.1, 0.15) is 40.4 Å². The third kappa shape index (κ3) is 7.25. The molecule has 0 bridgehead atoms. The predicted octanol–water partition coefficient (Wildman–Crippen LogP) is 15.5. The van der Waals surface area contributed by atoms with Gasteiger partial charge in [0, 0.05) is 119 Å². The molecule has 0 atom stereocenters. The molecule has 412 valence electrons. The monoisotopic (exact) mass is 1130 g/mol. The van der Waals surface area contributed by atoms with Crippen molar-refractivity contribution < 1.29 is 13.9 Å². The molecule has 2 fully saturated rings. The number of fused-ring (bicyclic) bond motifs is 14. The van der Waals surface area contributed by atoms with Crippen LogP contribution in [0.25, 0.3) is 59.0 Å². The maximum atomic E-state index is 7.48. The number of nitrogens with zero attached hydrogens (tertiary/aromatic N) is 6. The van der Waals surface area contributed by atoms with Gasteiger partial charge in [-0.25, -0.2) is 9.97 Å². The molecule has 8 aromatic carbocycles. The molecule has 2 aliphatic carbocycles. The van der Waals surface area contributed by atoms with Gasteiger partial charge in [0.25, 0.3) is 6.71 Å². The highest BCUT2D eigenvalue weighted by Gasteiger charge is 2.47. The first-order valence-electron chi connectivity index (χ1n) is 30.9. The third-order valence-electron chi connectivity index (χ3n) is 19.6. The summed E-state index contributed by atoms with van der Waals surface area (Å²) in [6, 6.07) is 71.7. The topological polar surface area (TPSA) is 72.0 Å². The number of furan rings is 1. The molecule has 86 heavy (non-hydrogen) atoms. The smallest absolute Gasteiger partial charge is 0.301 e. The highest BCUT2D eigenvalue weighted by Crippen LogP contribution is 2.49. The average Bonchev–Trinajstić information content (AvgIpc) is 4.06. The van der Waals surface area contributed by atoms with Gasteiger partial charge >= 0.3 is 6.71 Å². The van der Waals surface area contributed by atoms with Crippen molar-refractivity contribution in [2.75, 3.05) is 14.7 Å². The van der Waals surface area contributed by atoms with E-state index in [1.165, 1.54) is 97.9 Å². The number of hydrogen-bond acceptors (Lipinski definition) is 9. The van der Waals surface area contributed by atoms with Crippen LogP contribution in [0.15, 0.2) is 211 Å². The van der Waals surface area contributed by atoms with Crippen LogP contribution in [-0.4, -0.2) is 40.0 Å². The summed E-state index contributed by atoms with van der Waals surface area (Å²) in [4.78, 5) is 17.5. The number of aromatic nitrogens is 3. The minimum atomic E-state index is -0.274. The fourth-order valence-electron chi connectivity index (χ4n) is 16.0. The van der Waals surface area contributed by atoms with E-state index < -0.39 is 0 Å². The molecular weight excluding hydrogens is 1070 g/mol. The summed E-state index contributed by atoms with van der Waals surface area (Å²) in [6.45, 7) is -0.354. The number of pyridine rings is 2. The maximum absolute atomic E-state index is 7.48. The molecule has 0 spiro atoms. The van der Waals surface area contributed by atoms with Gasteiger partial charge in [-0.15, -0.1) is 11.3 Å². The van der Waals surface area contributed by atoms with E-state index in [2.05, 4.69) is 201 Å². The highest BCUT2D eigenvalue weighted by molar-refractivity contribution is 7.26. The molecule has 9 heterocycles. The Balaban J connectivity index is 0.826. The zero-order valence-corrected chi connectivity index (χ0v) is 48.1. The molecule has 0 unspecified atom stereocenters. The molecule has 4 aliphatic heterocycles. The maximum Gasteiger partial charge on any atom is 0.301 e. The molecule has 0 saturated heterocycles. The van der Waals surface area contributed by atoms with Crippen LogP contribution in [0.3, 0.4) is 0 Å². The molecule has 6 aliphatic rings. The summed E-state index contributed by atoms with van der Waals surface area (Å²) in [5, 5.41) is 4.92. The Kier molecular flexibility index (Phi) is 10.8. The van der Waals surface area contributed by atoms with Crippen LogP contribution in [0.1, 0.15) is 64.2 Å². The lowest BCUT2D eigenvalue weighted by Gasteiger charge is -2.40. The summed E-state index contributed by atoms with van der Waals surface area (Å²) in [6.07, 6.45) is 15.6. The van der Waals surface area contributed by atoms with Crippen LogP contribution in [0.4, 0.5) is 40.1 Å². The summed E-state index contributed by atoms with van der Waals surface area (Å²) in [5.74, 6) is 6.24. The molecule has 19 rings (SSSR count). The van der Waals surface area contributed by atoms with E-state index in [-0.39, 0.29) is 13.4 Å². The first-order chi connectivity index (χ1) is 42.6. The number of rotatable bonds is 8. The number of anilines is 7. The van der Waals surface area contributed by atoms with Crippen LogP contribution in [0.5, 0.6) is 23.0 Å². The van der Waals surface area contributed by atoms with Crippen molar-refractivity contribution in [2.24, 2.45) is 0 Å². The largest absolute Gasteiger partial charge is 0.468 e. The Bertz CT molecular complexity index is 4900. The van der Waals surface area contributed by atoms with E-state index >= 15 is 0 Å². The van der Waals surface area contributed by atoms with Gasteiger partial charge in [-0.1, -0.05) is 148 Å². The van der Waals surface area contributed by atoms with Crippen molar-refractivity contribution in [2.45, 2.75) is 76.3 Å². The zero-order chi connectivity index (χ0) is 56.1. The normalized spacial score (nSPS) is 15.7. The van der Waals surface area contributed by atoms with E-state index in [0.717, 1.165) is 121 Å². The van der Waals surface area contributed by atoms with E-state index in [9.17, 15) is 0 Å². The van der Waals surface area contributed by atoms with Crippen LogP contribution < -0.4 is 57.1 Å². The molecule has 2 saturated carbocycles.